The Morgan fingerprint density at radius 2 is 1.90 bits per heavy atom. The summed E-state index contributed by atoms with van der Waals surface area (Å²) in [6.07, 6.45) is 10.4. The maximum Gasteiger partial charge on any atom is 0.255 e. The minimum atomic E-state index is -0.118. The third-order valence-corrected chi connectivity index (χ3v) is 5.46. The van der Waals surface area contributed by atoms with Crippen LogP contribution in [0, 0.1) is 0 Å². The Kier molecular flexibility index (Phi) is 6.72. The maximum absolute atomic E-state index is 12.4. The average Bonchev–Trinajstić information content (AvgIpc) is 3.32. The molecule has 4 rings (SSSR count). The molecule has 0 spiro atoms. The van der Waals surface area contributed by atoms with Crippen LogP contribution >= 0.6 is 0 Å². The van der Waals surface area contributed by atoms with Crippen LogP contribution in [0.2, 0.25) is 0 Å². The second-order valence-electron chi connectivity index (χ2n) is 7.58. The number of aryl methyl sites for hydroxylation is 1. The van der Waals surface area contributed by atoms with Crippen LogP contribution < -0.4 is 15.5 Å². The zero-order valence-electron chi connectivity index (χ0n) is 17.1. The Morgan fingerprint density at radius 1 is 1.07 bits per heavy atom. The van der Waals surface area contributed by atoms with Gasteiger partial charge in [-0.2, -0.15) is 5.10 Å². The highest BCUT2D eigenvalue weighted by atomic mass is 16.1. The molecule has 1 saturated heterocycles. The molecule has 1 aliphatic heterocycles. The second-order valence-corrected chi connectivity index (χ2v) is 7.58. The molecule has 3 aromatic rings. The minimum absolute atomic E-state index is 0.118. The number of anilines is 2. The van der Waals surface area contributed by atoms with Crippen molar-refractivity contribution in [2.45, 2.75) is 31.8 Å². The van der Waals surface area contributed by atoms with Gasteiger partial charge in [0.1, 0.15) is 0 Å². The number of hydrogen-bond acceptors (Lipinski definition) is 5. The molecule has 7 heteroatoms. The van der Waals surface area contributed by atoms with E-state index < -0.39 is 0 Å². The Bertz CT molecular complexity index is 920. The largest absolute Gasteiger partial charge is 0.371 e. The van der Waals surface area contributed by atoms with Crippen LogP contribution in [0.25, 0.3) is 0 Å². The van der Waals surface area contributed by atoms with E-state index in [2.05, 4.69) is 37.7 Å². The van der Waals surface area contributed by atoms with E-state index in [9.17, 15) is 4.79 Å². The molecule has 3 heterocycles. The summed E-state index contributed by atoms with van der Waals surface area (Å²) in [5.74, 6) is -0.118. The van der Waals surface area contributed by atoms with Crippen LogP contribution in [-0.2, 0) is 6.54 Å². The van der Waals surface area contributed by atoms with Gasteiger partial charge < -0.3 is 15.5 Å². The normalized spacial score (nSPS) is 14.6. The molecular weight excluding hydrogens is 376 g/mol. The lowest BCUT2D eigenvalue weighted by atomic mass is 10.0. The Balaban J connectivity index is 1.23. The third-order valence-electron chi connectivity index (χ3n) is 5.46. The Morgan fingerprint density at radius 3 is 2.67 bits per heavy atom. The SMILES string of the molecule is O=C(Nc1cccc(N2CCC(NCCCn3cccn3)CC2)c1)c1ccncc1. The molecule has 0 unspecified atom stereocenters. The average molecular weight is 405 g/mol. The first-order valence-corrected chi connectivity index (χ1v) is 10.5. The van der Waals surface area contributed by atoms with Gasteiger partial charge in [0.2, 0.25) is 0 Å². The number of benzene rings is 1. The van der Waals surface area contributed by atoms with Crippen LogP contribution in [0.15, 0.2) is 67.3 Å². The van der Waals surface area contributed by atoms with Gasteiger partial charge in [0, 0.05) is 67.4 Å². The van der Waals surface area contributed by atoms with Gasteiger partial charge in [-0.05, 0) is 62.2 Å². The van der Waals surface area contributed by atoms with E-state index in [1.54, 1.807) is 24.5 Å². The fraction of sp³-hybridized carbons (Fsp3) is 0.348. The van der Waals surface area contributed by atoms with Crippen molar-refractivity contribution in [3.8, 4) is 0 Å². The van der Waals surface area contributed by atoms with Gasteiger partial charge in [0.05, 0.1) is 0 Å². The van der Waals surface area contributed by atoms with Gasteiger partial charge in [0.15, 0.2) is 0 Å². The monoisotopic (exact) mass is 404 g/mol. The molecule has 156 valence electrons. The molecule has 30 heavy (non-hydrogen) atoms. The standard InChI is InChI=1S/C23H28N6O/c30-23(19-6-12-24-13-7-19)27-21-4-1-5-22(18-21)28-16-8-20(9-17-28)25-10-2-14-29-15-3-11-26-29/h1,3-7,11-13,15,18,20,25H,2,8-10,14,16-17H2,(H,27,30). The van der Waals surface area contributed by atoms with Gasteiger partial charge >= 0.3 is 0 Å². The molecule has 1 amide bonds. The fourth-order valence-corrected chi connectivity index (χ4v) is 3.81. The summed E-state index contributed by atoms with van der Waals surface area (Å²) in [4.78, 5) is 18.7. The number of aromatic nitrogens is 3. The number of rotatable bonds is 8. The van der Waals surface area contributed by atoms with E-state index >= 15 is 0 Å². The Hall–Kier alpha value is -3.19. The number of carbonyl (C=O) groups excluding carboxylic acids is 1. The lowest BCUT2D eigenvalue weighted by molar-refractivity contribution is 0.102. The zero-order chi connectivity index (χ0) is 20.6. The smallest absolute Gasteiger partial charge is 0.255 e. The third kappa shape index (κ3) is 5.45. The van der Waals surface area contributed by atoms with Gasteiger partial charge in [-0.3, -0.25) is 14.5 Å². The fourth-order valence-electron chi connectivity index (χ4n) is 3.81. The first kappa shape index (κ1) is 20.1. The quantitative estimate of drug-likeness (QED) is 0.564. The molecule has 1 aromatic carbocycles. The summed E-state index contributed by atoms with van der Waals surface area (Å²) in [5.41, 5.74) is 2.57. The first-order valence-electron chi connectivity index (χ1n) is 10.5. The molecule has 1 aliphatic rings. The summed E-state index contributed by atoms with van der Waals surface area (Å²) >= 11 is 0. The predicted molar refractivity (Wildman–Crippen MR) is 119 cm³/mol. The van der Waals surface area contributed by atoms with E-state index in [-0.39, 0.29) is 5.91 Å². The summed E-state index contributed by atoms with van der Waals surface area (Å²) < 4.78 is 1.98. The van der Waals surface area contributed by atoms with Crippen molar-refractivity contribution >= 4 is 17.3 Å². The zero-order valence-corrected chi connectivity index (χ0v) is 17.1. The topological polar surface area (TPSA) is 75.1 Å². The lowest BCUT2D eigenvalue weighted by Crippen LogP contribution is -2.43. The molecule has 0 radical (unpaired) electrons. The van der Waals surface area contributed by atoms with E-state index in [1.165, 1.54) is 0 Å². The number of hydrogen-bond donors (Lipinski definition) is 2. The first-order chi connectivity index (χ1) is 14.8. The summed E-state index contributed by atoms with van der Waals surface area (Å²) in [5, 5.41) is 10.9. The molecule has 0 saturated carbocycles. The summed E-state index contributed by atoms with van der Waals surface area (Å²) in [7, 11) is 0. The molecule has 7 nitrogen and oxygen atoms in total. The number of nitrogens with zero attached hydrogens (tertiary/aromatic N) is 4. The Labute approximate surface area is 177 Å². The molecule has 2 aromatic heterocycles. The molecule has 0 atom stereocenters. The summed E-state index contributed by atoms with van der Waals surface area (Å²) in [6, 6.07) is 14.0. The van der Waals surface area contributed by atoms with Crippen molar-refractivity contribution in [1.82, 2.24) is 20.1 Å². The molecular formula is C23H28N6O. The molecule has 0 bridgehead atoms. The maximum atomic E-state index is 12.4. The van der Waals surface area contributed by atoms with Crippen molar-refractivity contribution in [3.63, 3.8) is 0 Å². The van der Waals surface area contributed by atoms with E-state index in [0.29, 0.717) is 11.6 Å². The second kappa shape index (κ2) is 10.0. The lowest BCUT2D eigenvalue weighted by Gasteiger charge is -2.34. The minimum Gasteiger partial charge on any atom is -0.371 e. The van der Waals surface area contributed by atoms with Crippen LogP contribution in [0.5, 0.6) is 0 Å². The molecule has 1 fully saturated rings. The number of carbonyl (C=O) groups is 1. The predicted octanol–water partition coefficient (Wildman–Crippen LogP) is 3.18. The molecule has 2 N–H and O–H groups in total. The number of amides is 1. The highest BCUT2D eigenvalue weighted by Gasteiger charge is 2.19. The van der Waals surface area contributed by atoms with Gasteiger partial charge in [-0.25, -0.2) is 0 Å². The van der Waals surface area contributed by atoms with Crippen LogP contribution in [0.3, 0.4) is 0 Å². The van der Waals surface area contributed by atoms with Crippen molar-refractivity contribution in [2.75, 3.05) is 29.9 Å². The van der Waals surface area contributed by atoms with Gasteiger partial charge in [0.25, 0.3) is 5.91 Å². The number of pyridine rings is 1. The van der Waals surface area contributed by atoms with E-state index in [0.717, 1.165) is 56.8 Å². The highest BCUT2D eigenvalue weighted by Crippen LogP contribution is 2.23. The molecule has 0 aliphatic carbocycles. The van der Waals surface area contributed by atoms with Crippen molar-refractivity contribution in [1.29, 1.82) is 0 Å². The van der Waals surface area contributed by atoms with E-state index in [1.807, 2.05) is 35.3 Å². The van der Waals surface area contributed by atoms with Crippen molar-refractivity contribution in [3.05, 3.63) is 72.8 Å². The van der Waals surface area contributed by atoms with Gasteiger partial charge in [-0.1, -0.05) is 6.07 Å². The van der Waals surface area contributed by atoms with Crippen molar-refractivity contribution in [2.24, 2.45) is 0 Å². The van der Waals surface area contributed by atoms with Crippen LogP contribution in [0.4, 0.5) is 11.4 Å². The van der Waals surface area contributed by atoms with Gasteiger partial charge in [-0.15, -0.1) is 0 Å². The number of nitrogens with one attached hydrogen (secondary N) is 2. The summed E-state index contributed by atoms with van der Waals surface area (Å²) in [6.45, 7) is 4.00. The van der Waals surface area contributed by atoms with E-state index in [4.69, 9.17) is 0 Å². The number of piperidine rings is 1. The van der Waals surface area contributed by atoms with Crippen molar-refractivity contribution < 1.29 is 4.79 Å². The van der Waals surface area contributed by atoms with Crippen LogP contribution in [-0.4, -0.2) is 46.3 Å². The van der Waals surface area contributed by atoms with Crippen LogP contribution in [0.1, 0.15) is 29.6 Å². The highest BCUT2D eigenvalue weighted by molar-refractivity contribution is 6.04.